The molecule has 2 aromatic carbocycles. The Bertz CT molecular complexity index is 1150. The fourth-order valence-electron chi connectivity index (χ4n) is 2.85. The van der Waals surface area contributed by atoms with Crippen LogP contribution in [-0.4, -0.2) is 10.9 Å². The molecule has 0 unspecified atom stereocenters. The van der Waals surface area contributed by atoms with Crippen LogP contribution in [0.5, 0.6) is 0 Å². The molecular formula is C21H16F3N5O. The maximum absolute atomic E-state index is 12.9. The molecule has 0 aliphatic carbocycles. The van der Waals surface area contributed by atoms with Crippen LogP contribution in [0, 0.1) is 11.3 Å². The highest BCUT2D eigenvalue weighted by Crippen LogP contribution is 2.31. The maximum atomic E-state index is 12.9. The summed E-state index contributed by atoms with van der Waals surface area (Å²) in [5, 5.41) is 11.7. The Morgan fingerprint density at radius 3 is 2.60 bits per heavy atom. The molecule has 30 heavy (non-hydrogen) atoms. The first-order valence-corrected chi connectivity index (χ1v) is 8.70. The van der Waals surface area contributed by atoms with Gasteiger partial charge in [-0.2, -0.15) is 18.4 Å². The number of hydrogen-bond donors (Lipinski definition) is 3. The van der Waals surface area contributed by atoms with E-state index in [1.807, 2.05) is 6.07 Å². The van der Waals surface area contributed by atoms with Gasteiger partial charge < -0.3 is 16.8 Å². The zero-order valence-corrected chi connectivity index (χ0v) is 15.5. The van der Waals surface area contributed by atoms with Crippen molar-refractivity contribution in [3.8, 4) is 17.2 Å². The molecule has 9 heteroatoms. The summed E-state index contributed by atoms with van der Waals surface area (Å²) in [4.78, 5) is 16.5. The van der Waals surface area contributed by atoms with Gasteiger partial charge in [0.15, 0.2) is 0 Å². The molecule has 5 N–H and O–H groups in total. The van der Waals surface area contributed by atoms with Gasteiger partial charge in [-0.05, 0) is 47.5 Å². The molecule has 0 aliphatic heterocycles. The molecule has 152 valence electrons. The normalized spacial score (nSPS) is 11.0. The highest BCUT2D eigenvalue weighted by Gasteiger charge is 2.30. The summed E-state index contributed by atoms with van der Waals surface area (Å²) in [6, 6.07) is 12.5. The third-order valence-electron chi connectivity index (χ3n) is 4.39. The van der Waals surface area contributed by atoms with Crippen LogP contribution in [0.4, 0.5) is 24.7 Å². The van der Waals surface area contributed by atoms with Gasteiger partial charge in [0.1, 0.15) is 11.9 Å². The minimum Gasteiger partial charge on any atom is -0.383 e. The van der Waals surface area contributed by atoms with Crippen LogP contribution < -0.4 is 16.8 Å². The average Bonchev–Trinajstić information content (AvgIpc) is 2.73. The van der Waals surface area contributed by atoms with Gasteiger partial charge in [0.2, 0.25) is 0 Å². The number of carbonyl (C=O) groups is 1. The van der Waals surface area contributed by atoms with Gasteiger partial charge in [-0.25, -0.2) is 4.98 Å². The summed E-state index contributed by atoms with van der Waals surface area (Å²) in [6.07, 6.45) is -3.07. The maximum Gasteiger partial charge on any atom is 0.416 e. The smallest absolute Gasteiger partial charge is 0.383 e. The predicted molar refractivity (Wildman–Crippen MR) is 106 cm³/mol. The van der Waals surface area contributed by atoms with E-state index >= 15 is 0 Å². The fourth-order valence-corrected chi connectivity index (χ4v) is 2.85. The van der Waals surface area contributed by atoms with Crippen molar-refractivity contribution in [3.05, 3.63) is 77.0 Å². The molecule has 3 aromatic rings. The van der Waals surface area contributed by atoms with Gasteiger partial charge >= 0.3 is 6.18 Å². The number of pyridine rings is 1. The monoisotopic (exact) mass is 411 g/mol. The van der Waals surface area contributed by atoms with Gasteiger partial charge in [0.05, 0.1) is 11.1 Å². The number of nitrogens with two attached hydrogens (primary N) is 2. The van der Waals surface area contributed by atoms with Gasteiger partial charge in [0.25, 0.3) is 5.91 Å². The van der Waals surface area contributed by atoms with Crippen LogP contribution in [0.25, 0.3) is 11.1 Å². The van der Waals surface area contributed by atoms with Crippen LogP contribution in [0.3, 0.4) is 0 Å². The third kappa shape index (κ3) is 4.39. The van der Waals surface area contributed by atoms with E-state index in [0.29, 0.717) is 16.8 Å². The number of rotatable bonds is 4. The number of carbonyl (C=O) groups excluding carboxylic acids is 1. The highest BCUT2D eigenvalue weighted by molar-refractivity contribution is 6.04. The Hall–Kier alpha value is -3.90. The first-order valence-electron chi connectivity index (χ1n) is 8.70. The lowest BCUT2D eigenvalue weighted by Crippen LogP contribution is -2.14. The first kappa shape index (κ1) is 20.8. The highest BCUT2D eigenvalue weighted by atomic mass is 19.4. The summed E-state index contributed by atoms with van der Waals surface area (Å²) in [6.45, 7) is 0.184. The van der Waals surface area contributed by atoms with Crippen LogP contribution in [-0.2, 0) is 12.7 Å². The Morgan fingerprint density at radius 1 is 1.17 bits per heavy atom. The lowest BCUT2D eigenvalue weighted by atomic mass is 9.99. The molecule has 0 saturated heterocycles. The van der Waals surface area contributed by atoms with Gasteiger partial charge in [-0.15, -0.1) is 0 Å². The van der Waals surface area contributed by atoms with Crippen molar-refractivity contribution in [3.63, 3.8) is 0 Å². The topological polar surface area (TPSA) is 118 Å². The molecule has 1 amide bonds. The van der Waals surface area contributed by atoms with Crippen molar-refractivity contribution in [1.29, 1.82) is 5.26 Å². The van der Waals surface area contributed by atoms with E-state index in [1.165, 1.54) is 18.3 Å². The van der Waals surface area contributed by atoms with E-state index in [-0.39, 0.29) is 23.5 Å². The quantitative estimate of drug-likeness (QED) is 0.601. The molecule has 1 aromatic heterocycles. The number of anilines is 2. The molecule has 0 aliphatic rings. The van der Waals surface area contributed by atoms with Crippen LogP contribution in [0.15, 0.2) is 54.7 Å². The second-order valence-electron chi connectivity index (χ2n) is 6.38. The van der Waals surface area contributed by atoms with E-state index in [9.17, 15) is 18.0 Å². The molecule has 0 saturated carbocycles. The fraction of sp³-hybridized carbons (Fsp3) is 0.0952. The number of nitriles is 1. The zero-order chi connectivity index (χ0) is 21.9. The van der Waals surface area contributed by atoms with Crippen molar-refractivity contribution >= 4 is 17.4 Å². The third-order valence-corrected chi connectivity index (χ3v) is 4.39. The second-order valence-corrected chi connectivity index (χ2v) is 6.38. The lowest BCUT2D eigenvalue weighted by molar-refractivity contribution is -0.137. The van der Waals surface area contributed by atoms with Crippen molar-refractivity contribution in [2.75, 3.05) is 11.1 Å². The summed E-state index contributed by atoms with van der Waals surface area (Å²) in [7, 11) is 0. The standard InChI is InChI=1S/C21H16F3N5O/c22-21(23,24)16-3-1-2-12(7-16)20(30)29-17-5-4-13(9-25)18(8-17)15-6-14(10-26)19(27)28-11-15/h1-8,11H,9,25H2,(H2,27,28)(H,29,30). The molecule has 0 fully saturated rings. The van der Waals surface area contributed by atoms with Crippen molar-refractivity contribution in [2.24, 2.45) is 5.73 Å². The number of amides is 1. The number of aromatic nitrogens is 1. The lowest BCUT2D eigenvalue weighted by Gasteiger charge is -2.13. The van der Waals surface area contributed by atoms with Crippen LogP contribution in [0.1, 0.15) is 27.0 Å². The van der Waals surface area contributed by atoms with Gasteiger partial charge in [-0.3, -0.25) is 4.79 Å². The summed E-state index contributed by atoms with van der Waals surface area (Å²) in [5.41, 5.74) is 12.8. The Balaban J connectivity index is 1.94. The van der Waals surface area contributed by atoms with Crippen molar-refractivity contribution in [1.82, 2.24) is 4.98 Å². The number of halogens is 3. The summed E-state index contributed by atoms with van der Waals surface area (Å²) in [5.74, 6) is -0.606. The Morgan fingerprint density at radius 2 is 1.93 bits per heavy atom. The SMILES string of the molecule is N#Cc1cc(-c2cc(NC(=O)c3cccc(C(F)(F)F)c3)ccc2CN)cnc1N. The summed E-state index contributed by atoms with van der Waals surface area (Å²) < 4.78 is 38.7. The van der Waals surface area contributed by atoms with E-state index in [1.54, 1.807) is 24.3 Å². The zero-order valence-electron chi connectivity index (χ0n) is 15.5. The van der Waals surface area contributed by atoms with Gasteiger partial charge in [-0.1, -0.05) is 12.1 Å². The first-order chi connectivity index (χ1) is 14.2. The Kier molecular flexibility index (Phi) is 5.71. The van der Waals surface area contributed by atoms with E-state index in [2.05, 4.69) is 10.3 Å². The van der Waals surface area contributed by atoms with Crippen LogP contribution >= 0.6 is 0 Å². The number of alkyl halides is 3. The molecule has 3 rings (SSSR count). The molecular weight excluding hydrogens is 395 g/mol. The largest absolute Gasteiger partial charge is 0.416 e. The molecule has 0 bridgehead atoms. The average molecular weight is 411 g/mol. The van der Waals surface area contributed by atoms with Crippen molar-refractivity contribution < 1.29 is 18.0 Å². The van der Waals surface area contributed by atoms with E-state index in [0.717, 1.165) is 17.7 Å². The number of nitrogens with zero attached hydrogens (tertiary/aromatic N) is 2. The molecule has 0 spiro atoms. The number of hydrogen-bond acceptors (Lipinski definition) is 5. The molecule has 1 heterocycles. The minimum atomic E-state index is -4.55. The van der Waals surface area contributed by atoms with Crippen molar-refractivity contribution in [2.45, 2.75) is 12.7 Å². The number of benzene rings is 2. The predicted octanol–water partition coefficient (Wildman–Crippen LogP) is 3.93. The van der Waals surface area contributed by atoms with Crippen LogP contribution in [0.2, 0.25) is 0 Å². The van der Waals surface area contributed by atoms with Gasteiger partial charge in [0, 0.05) is 29.6 Å². The second kappa shape index (κ2) is 8.23. The molecule has 0 atom stereocenters. The number of nitrogen functional groups attached to an aromatic ring is 1. The number of nitrogens with one attached hydrogen (secondary N) is 1. The van der Waals surface area contributed by atoms with E-state index < -0.39 is 17.6 Å². The minimum absolute atomic E-state index is 0.0875. The molecule has 6 nitrogen and oxygen atoms in total. The summed E-state index contributed by atoms with van der Waals surface area (Å²) >= 11 is 0. The molecule has 0 radical (unpaired) electrons. The van der Waals surface area contributed by atoms with E-state index in [4.69, 9.17) is 16.7 Å². The Labute approximate surface area is 170 Å².